The Labute approximate surface area is 198 Å². The number of aliphatic carboxylic acids is 1. The molecule has 0 unspecified atom stereocenters. The van der Waals surface area contributed by atoms with Gasteiger partial charge in [-0.2, -0.15) is 0 Å². The van der Waals surface area contributed by atoms with E-state index >= 15 is 0 Å². The van der Waals surface area contributed by atoms with Crippen LogP contribution in [0, 0.1) is 5.92 Å². The van der Waals surface area contributed by atoms with E-state index in [-0.39, 0.29) is 25.5 Å². The Kier molecular flexibility index (Phi) is 7.01. The largest absolute Gasteiger partial charge is 0.493 e. The summed E-state index contributed by atoms with van der Waals surface area (Å²) in [5.41, 5.74) is 5.29. The number of carbonyl (C=O) groups excluding carboxylic acids is 1. The van der Waals surface area contributed by atoms with Crippen LogP contribution in [0.25, 0.3) is 11.1 Å². The molecule has 3 aromatic rings. The van der Waals surface area contributed by atoms with Crippen molar-refractivity contribution in [3.8, 4) is 22.6 Å². The lowest BCUT2D eigenvalue weighted by atomic mass is 9.98. The highest BCUT2D eigenvalue weighted by Crippen LogP contribution is 2.44. The summed E-state index contributed by atoms with van der Waals surface area (Å²) in [6.07, 6.45) is -0.417. The molecule has 0 bridgehead atoms. The second kappa shape index (κ2) is 10.3. The molecule has 7 nitrogen and oxygen atoms in total. The third-order valence-corrected chi connectivity index (χ3v) is 6.12. The van der Waals surface area contributed by atoms with Crippen molar-refractivity contribution >= 4 is 12.1 Å². The molecule has 3 aromatic carbocycles. The van der Waals surface area contributed by atoms with Crippen LogP contribution in [-0.4, -0.2) is 44.5 Å². The first-order valence-electron chi connectivity index (χ1n) is 11.0. The smallest absolute Gasteiger partial charge is 0.407 e. The number of carbonyl (C=O) groups is 2. The average molecular weight is 462 g/mol. The number of carboxylic acids is 1. The fourth-order valence-corrected chi connectivity index (χ4v) is 4.39. The number of alkyl carbamates (subject to hydrolysis) is 1. The van der Waals surface area contributed by atoms with Crippen molar-refractivity contribution in [3.63, 3.8) is 0 Å². The fraction of sp³-hybridized carbons (Fsp3) is 0.259. The number of nitrogens with one attached hydrogen (secondary N) is 1. The number of hydrogen-bond donors (Lipinski definition) is 2. The molecule has 0 fully saturated rings. The zero-order valence-electron chi connectivity index (χ0n) is 19.1. The normalized spacial score (nSPS) is 12.9. The van der Waals surface area contributed by atoms with E-state index in [1.165, 1.54) is 14.2 Å². The second-order valence-electron chi connectivity index (χ2n) is 8.14. The Morgan fingerprint density at radius 1 is 0.912 bits per heavy atom. The Bertz CT molecular complexity index is 1150. The Balaban J connectivity index is 1.36. The van der Waals surface area contributed by atoms with Gasteiger partial charge < -0.3 is 24.6 Å². The second-order valence-corrected chi connectivity index (χ2v) is 8.14. The van der Waals surface area contributed by atoms with Crippen molar-refractivity contribution < 1.29 is 28.9 Å². The van der Waals surface area contributed by atoms with Crippen LogP contribution in [0.5, 0.6) is 11.5 Å². The zero-order chi connectivity index (χ0) is 24.1. The van der Waals surface area contributed by atoms with E-state index in [4.69, 9.17) is 14.2 Å². The van der Waals surface area contributed by atoms with Crippen LogP contribution in [0.15, 0.2) is 66.7 Å². The van der Waals surface area contributed by atoms with E-state index in [2.05, 4.69) is 17.4 Å². The molecule has 0 heterocycles. The molecule has 0 aliphatic heterocycles. The Morgan fingerprint density at radius 3 is 2.12 bits per heavy atom. The van der Waals surface area contributed by atoms with Crippen molar-refractivity contribution in [1.29, 1.82) is 0 Å². The highest BCUT2D eigenvalue weighted by Gasteiger charge is 2.29. The predicted molar refractivity (Wildman–Crippen MR) is 127 cm³/mol. The molecule has 4 rings (SSSR count). The van der Waals surface area contributed by atoms with Crippen molar-refractivity contribution in [3.05, 3.63) is 83.4 Å². The van der Waals surface area contributed by atoms with Gasteiger partial charge in [0.1, 0.15) is 6.61 Å². The summed E-state index contributed by atoms with van der Waals surface area (Å²) < 4.78 is 16.0. The minimum Gasteiger partial charge on any atom is -0.493 e. The van der Waals surface area contributed by atoms with Crippen LogP contribution in [0.2, 0.25) is 0 Å². The summed E-state index contributed by atoms with van der Waals surface area (Å²) in [6.45, 7) is 0.119. The molecule has 0 saturated heterocycles. The van der Waals surface area contributed by atoms with Gasteiger partial charge in [-0.3, -0.25) is 4.79 Å². The Hall–Kier alpha value is -4.00. The third kappa shape index (κ3) is 4.83. The van der Waals surface area contributed by atoms with Gasteiger partial charge in [0.15, 0.2) is 11.5 Å². The van der Waals surface area contributed by atoms with Gasteiger partial charge >= 0.3 is 12.1 Å². The summed E-state index contributed by atoms with van der Waals surface area (Å²) in [7, 11) is 3.06. The lowest BCUT2D eigenvalue weighted by molar-refractivity contribution is -0.141. The standard InChI is InChI=1S/C27H27NO6/c1-32-24-12-11-17(14-25(24)33-2)13-18(26(29)30)15-28-27(31)34-16-23-21-9-5-3-7-19(21)20-8-4-6-10-22(20)23/h3-12,14,18,23H,13,15-16H2,1-2H3,(H,28,31)(H,29,30)/t18-/m1/s1. The number of ether oxygens (including phenoxy) is 3. The van der Waals surface area contributed by atoms with E-state index in [0.717, 1.165) is 27.8 Å². The van der Waals surface area contributed by atoms with Crippen LogP contribution in [0.1, 0.15) is 22.6 Å². The van der Waals surface area contributed by atoms with Gasteiger partial charge in [0.2, 0.25) is 0 Å². The summed E-state index contributed by atoms with van der Waals surface area (Å²) in [6, 6.07) is 21.4. The first-order chi connectivity index (χ1) is 16.5. The summed E-state index contributed by atoms with van der Waals surface area (Å²) >= 11 is 0. The molecule has 0 radical (unpaired) electrons. The van der Waals surface area contributed by atoms with Gasteiger partial charge in [-0.1, -0.05) is 54.6 Å². The van der Waals surface area contributed by atoms with Crippen molar-refractivity contribution in [2.24, 2.45) is 5.92 Å². The number of amides is 1. The van der Waals surface area contributed by atoms with Gasteiger partial charge in [0, 0.05) is 12.5 Å². The number of rotatable bonds is 9. The lowest BCUT2D eigenvalue weighted by Gasteiger charge is -2.17. The van der Waals surface area contributed by atoms with Gasteiger partial charge in [-0.25, -0.2) is 4.79 Å². The monoisotopic (exact) mass is 461 g/mol. The molecule has 0 aromatic heterocycles. The average Bonchev–Trinajstić information content (AvgIpc) is 3.18. The van der Waals surface area contributed by atoms with Crippen LogP contribution >= 0.6 is 0 Å². The summed E-state index contributed by atoms with van der Waals surface area (Å²) in [4.78, 5) is 24.2. The quantitative estimate of drug-likeness (QED) is 0.488. The van der Waals surface area contributed by atoms with Crippen molar-refractivity contribution in [2.45, 2.75) is 12.3 Å². The summed E-state index contributed by atoms with van der Waals surface area (Å²) in [5.74, 6) is -0.795. The molecule has 0 saturated carbocycles. The van der Waals surface area contributed by atoms with Crippen molar-refractivity contribution in [1.82, 2.24) is 5.32 Å². The molecule has 34 heavy (non-hydrogen) atoms. The predicted octanol–water partition coefficient (Wildman–Crippen LogP) is 4.49. The van der Waals surface area contributed by atoms with Crippen molar-refractivity contribution in [2.75, 3.05) is 27.4 Å². The van der Waals surface area contributed by atoms with E-state index in [1.807, 2.05) is 36.4 Å². The fourth-order valence-electron chi connectivity index (χ4n) is 4.39. The zero-order valence-corrected chi connectivity index (χ0v) is 19.1. The van der Waals surface area contributed by atoms with Gasteiger partial charge in [0.05, 0.1) is 20.1 Å². The SMILES string of the molecule is COc1ccc(C[C@H](CNC(=O)OCC2c3ccccc3-c3ccccc32)C(=O)O)cc1OC. The first kappa shape index (κ1) is 23.2. The molecular formula is C27H27NO6. The molecular weight excluding hydrogens is 434 g/mol. The number of hydrogen-bond acceptors (Lipinski definition) is 5. The van der Waals surface area contributed by atoms with E-state index in [1.54, 1.807) is 18.2 Å². The molecule has 1 aliphatic carbocycles. The number of methoxy groups -OCH3 is 2. The molecule has 2 N–H and O–H groups in total. The topological polar surface area (TPSA) is 94.1 Å². The molecule has 7 heteroatoms. The van der Waals surface area contributed by atoms with Gasteiger partial charge in [-0.05, 0) is 46.4 Å². The number of carboxylic acid groups (broad SMARTS) is 1. The highest BCUT2D eigenvalue weighted by molar-refractivity contribution is 5.79. The minimum absolute atomic E-state index is 0.0552. The van der Waals surface area contributed by atoms with E-state index in [9.17, 15) is 14.7 Å². The maximum atomic E-state index is 12.4. The van der Waals surface area contributed by atoms with Crippen LogP contribution in [-0.2, 0) is 16.0 Å². The number of benzene rings is 3. The van der Waals surface area contributed by atoms with E-state index in [0.29, 0.717) is 11.5 Å². The molecule has 0 spiro atoms. The summed E-state index contributed by atoms with van der Waals surface area (Å²) in [5, 5.41) is 12.3. The van der Waals surface area contributed by atoms with Crippen LogP contribution in [0.3, 0.4) is 0 Å². The Morgan fingerprint density at radius 2 is 1.53 bits per heavy atom. The first-order valence-corrected chi connectivity index (χ1v) is 11.0. The number of fused-ring (bicyclic) bond motifs is 3. The molecule has 1 aliphatic rings. The van der Waals surface area contributed by atoms with E-state index < -0.39 is 18.0 Å². The highest BCUT2D eigenvalue weighted by atomic mass is 16.5. The molecule has 1 atom stereocenters. The van der Waals surface area contributed by atoms with Crippen LogP contribution in [0.4, 0.5) is 4.79 Å². The molecule has 176 valence electrons. The van der Waals surface area contributed by atoms with Crippen LogP contribution < -0.4 is 14.8 Å². The molecule has 1 amide bonds. The van der Waals surface area contributed by atoms with Gasteiger partial charge in [-0.15, -0.1) is 0 Å². The maximum absolute atomic E-state index is 12.4. The maximum Gasteiger partial charge on any atom is 0.407 e. The van der Waals surface area contributed by atoms with Gasteiger partial charge in [0.25, 0.3) is 0 Å². The lowest BCUT2D eigenvalue weighted by Crippen LogP contribution is -2.35. The third-order valence-electron chi connectivity index (χ3n) is 6.12. The minimum atomic E-state index is -1.01.